The van der Waals surface area contributed by atoms with Gasteiger partial charge in [0.25, 0.3) is 0 Å². The van der Waals surface area contributed by atoms with E-state index in [0.29, 0.717) is 5.56 Å². The summed E-state index contributed by atoms with van der Waals surface area (Å²) in [5, 5.41) is 50.9. The van der Waals surface area contributed by atoms with Crippen molar-refractivity contribution in [3.05, 3.63) is 46.1 Å². The fraction of sp³-hybridized carbons (Fsp3) is 0.318. The van der Waals surface area contributed by atoms with Crippen LogP contribution in [0.2, 0.25) is 0 Å². The van der Waals surface area contributed by atoms with E-state index in [1.807, 2.05) is 0 Å². The van der Waals surface area contributed by atoms with Crippen LogP contribution < -0.4 is 10.2 Å². The number of hydrogen-bond donors (Lipinski definition) is 5. The molecule has 1 saturated heterocycles. The molecule has 1 aliphatic rings. The van der Waals surface area contributed by atoms with Gasteiger partial charge in [-0.3, -0.25) is 4.79 Å². The molecule has 0 amide bonds. The quantitative estimate of drug-likeness (QED) is 0.421. The van der Waals surface area contributed by atoms with E-state index in [0.717, 1.165) is 0 Å². The Labute approximate surface area is 176 Å². The Hall–Kier alpha value is -3.27. The second-order valence-corrected chi connectivity index (χ2v) is 7.52. The summed E-state index contributed by atoms with van der Waals surface area (Å²) in [5.74, 6) is -0.647. The third-order valence-electron chi connectivity index (χ3n) is 5.51. The zero-order valence-corrected chi connectivity index (χ0v) is 16.8. The zero-order valence-electron chi connectivity index (χ0n) is 16.8. The Bertz CT molecular complexity index is 1190. The first-order valence-electron chi connectivity index (χ1n) is 9.63. The maximum Gasteiger partial charge on any atom is 0.197 e. The van der Waals surface area contributed by atoms with Gasteiger partial charge in [-0.15, -0.1) is 0 Å². The molecule has 2 aromatic carbocycles. The molecule has 9 heteroatoms. The number of ether oxygens (including phenoxy) is 2. The SMILES string of the molecule is COc1cc(-c2cc(=O)c3c(O)c(C4CC(O)C(O)C(C)O4)c(O)cc3o2)ccc1O. The number of rotatable bonds is 3. The van der Waals surface area contributed by atoms with Gasteiger partial charge in [0, 0.05) is 24.1 Å². The lowest BCUT2D eigenvalue weighted by molar-refractivity contribution is -0.164. The van der Waals surface area contributed by atoms with Crippen LogP contribution in [0.15, 0.2) is 39.5 Å². The number of fused-ring (bicyclic) bond motifs is 1. The molecular formula is C22H22O9. The van der Waals surface area contributed by atoms with Gasteiger partial charge in [0.05, 0.1) is 31.0 Å². The standard InChI is InChI=1S/C22H22O9/c1-9-21(27)14(26)8-17(30-9)19-13(25)7-18-20(22(19)28)12(24)6-15(31-18)10-3-4-11(23)16(5-10)29-2/h3-7,9,14,17,21,23,25-28H,8H2,1-2H3. The Balaban J connectivity index is 1.83. The van der Waals surface area contributed by atoms with Gasteiger partial charge in [-0.05, 0) is 25.1 Å². The highest BCUT2D eigenvalue weighted by molar-refractivity contribution is 5.88. The number of hydrogen-bond acceptors (Lipinski definition) is 9. The van der Waals surface area contributed by atoms with Crippen molar-refractivity contribution < 1.29 is 39.4 Å². The van der Waals surface area contributed by atoms with Crippen molar-refractivity contribution in [2.24, 2.45) is 0 Å². The molecule has 1 fully saturated rings. The fourth-order valence-electron chi connectivity index (χ4n) is 3.85. The van der Waals surface area contributed by atoms with Crippen molar-refractivity contribution >= 4 is 11.0 Å². The van der Waals surface area contributed by atoms with Crippen LogP contribution in [0, 0.1) is 0 Å². The number of phenols is 3. The molecule has 1 aliphatic heterocycles. The molecule has 9 nitrogen and oxygen atoms in total. The molecule has 4 unspecified atom stereocenters. The lowest BCUT2D eigenvalue weighted by atomic mass is 9.92. The minimum absolute atomic E-state index is 0.0577. The van der Waals surface area contributed by atoms with Crippen LogP contribution in [0.3, 0.4) is 0 Å². The Kier molecular flexibility index (Phi) is 5.26. The number of aromatic hydroxyl groups is 3. The molecule has 3 aromatic rings. The summed E-state index contributed by atoms with van der Waals surface area (Å²) >= 11 is 0. The van der Waals surface area contributed by atoms with Gasteiger partial charge in [-0.25, -0.2) is 0 Å². The number of phenolic OH excluding ortho intramolecular Hbond substituents is 3. The van der Waals surface area contributed by atoms with E-state index < -0.39 is 35.6 Å². The van der Waals surface area contributed by atoms with Crippen LogP contribution in [0.25, 0.3) is 22.3 Å². The van der Waals surface area contributed by atoms with Crippen LogP contribution in [0.1, 0.15) is 25.0 Å². The number of benzene rings is 2. The van der Waals surface area contributed by atoms with Gasteiger partial charge in [-0.2, -0.15) is 0 Å². The lowest BCUT2D eigenvalue weighted by Crippen LogP contribution is -2.43. The van der Waals surface area contributed by atoms with Crippen molar-refractivity contribution in [2.45, 2.75) is 37.8 Å². The Morgan fingerprint density at radius 1 is 1.06 bits per heavy atom. The zero-order chi connectivity index (χ0) is 22.4. The molecule has 31 heavy (non-hydrogen) atoms. The largest absolute Gasteiger partial charge is 0.507 e. The van der Waals surface area contributed by atoms with Gasteiger partial charge in [0.15, 0.2) is 16.9 Å². The van der Waals surface area contributed by atoms with E-state index in [1.165, 1.54) is 37.4 Å². The predicted molar refractivity (Wildman–Crippen MR) is 109 cm³/mol. The Morgan fingerprint density at radius 2 is 1.81 bits per heavy atom. The normalized spacial score (nSPS) is 23.7. The number of aliphatic hydroxyl groups excluding tert-OH is 2. The molecule has 0 aliphatic carbocycles. The van der Waals surface area contributed by atoms with Gasteiger partial charge >= 0.3 is 0 Å². The monoisotopic (exact) mass is 430 g/mol. The first-order chi connectivity index (χ1) is 14.7. The van der Waals surface area contributed by atoms with Crippen molar-refractivity contribution in [1.29, 1.82) is 0 Å². The average Bonchev–Trinajstić information content (AvgIpc) is 2.71. The summed E-state index contributed by atoms with van der Waals surface area (Å²) in [7, 11) is 1.39. The van der Waals surface area contributed by atoms with Gasteiger partial charge in [-0.1, -0.05) is 0 Å². The summed E-state index contributed by atoms with van der Waals surface area (Å²) in [5.41, 5.74) is -0.237. The van der Waals surface area contributed by atoms with E-state index >= 15 is 0 Å². The summed E-state index contributed by atoms with van der Waals surface area (Å²) in [6, 6.07) is 6.77. The van der Waals surface area contributed by atoms with Crippen molar-refractivity contribution in [1.82, 2.24) is 0 Å². The van der Waals surface area contributed by atoms with Gasteiger partial charge < -0.3 is 39.4 Å². The smallest absolute Gasteiger partial charge is 0.197 e. The van der Waals surface area contributed by atoms with Crippen molar-refractivity contribution in [2.75, 3.05) is 7.11 Å². The van der Waals surface area contributed by atoms with Gasteiger partial charge in [0.2, 0.25) is 0 Å². The minimum atomic E-state index is -1.12. The van der Waals surface area contributed by atoms with E-state index in [4.69, 9.17) is 13.9 Å². The molecule has 0 spiro atoms. The van der Waals surface area contributed by atoms with E-state index in [2.05, 4.69) is 0 Å². The topological polar surface area (TPSA) is 150 Å². The molecule has 164 valence electrons. The average molecular weight is 430 g/mol. The molecule has 0 radical (unpaired) electrons. The van der Waals surface area contributed by atoms with Crippen molar-refractivity contribution in [3.8, 4) is 34.3 Å². The first-order valence-corrected chi connectivity index (χ1v) is 9.63. The van der Waals surface area contributed by atoms with Crippen LogP contribution >= 0.6 is 0 Å². The lowest BCUT2D eigenvalue weighted by Gasteiger charge is -2.36. The maximum absolute atomic E-state index is 12.8. The van der Waals surface area contributed by atoms with E-state index in [9.17, 15) is 30.3 Å². The molecule has 4 rings (SSSR count). The van der Waals surface area contributed by atoms with Crippen LogP contribution in [0.4, 0.5) is 0 Å². The van der Waals surface area contributed by atoms with E-state index in [1.54, 1.807) is 6.92 Å². The highest BCUT2D eigenvalue weighted by Crippen LogP contribution is 2.44. The second-order valence-electron chi connectivity index (χ2n) is 7.52. The van der Waals surface area contributed by atoms with Crippen LogP contribution in [-0.2, 0) is 4.74 Å². The van der Waals surface area contributed by atoms with E-state index in [-0.39, 0.29) is 46.0 Å². The fourth-order valence-corrected chi connectivity index (χ4v) is 3.85. The van der Waals surface area contributed by atoms with Crippen LogP contribution in [0.5, 0.6) is 23.0 Å². The predicted octanol–water partition coefficient (Wildman–Crippen LogP) is 2.16. The highest BCUT2D eigenvalue weighted by atomic mass is 16.5. The summed E-state index contributed by atoms with van der Waals surface area (Å²) < 4.78 is 16.4. The molecule has 0 bridgehead atoms. The summed E-state index contributed by atoms with van der Waals surface area (Å²) in [6.45, 7) is 1.56. The summed E-state index contributed by atoms with van der Waals surface area (Å²) in [4.78, 5) is 12.8. The first kappa shape index (κ1) is 21.0. The molecule has 2 heterocycles. The molecular weight excluding hydrogens is 408 g/mol. The molecule has 4 atom stereocenters. The summed E-state index contributed by atoms with van der Waals surface area (Å²) in [6.07, 6.45) is -3.97. The number of aliphatic hydroxyl groups is 2. The van der Waals surface area contributed by atoms with Crippen molar-refractivity contribution in [3.63, 3.8) is 0 Å². The maximum atomic E-state index is 12.8. The minimum Gasteiger partial charge on any atom is -0.507 e. The van der Waals surface area contributed by atoms with Gasteiger partial charge in [0.1, 0.15) is 34.3 Å². The Morgan fingerprint density at radius 3 is 2.48 bits per heavy atom. The second kappa shape index (κ2) is 7.77. The van der Waals surface area contributed by atoms with Crippen LogP contribution in [-0.4, -0.2) is 51.0 Å². The molecule has 0 saturated carbocycles. The number of methoxy groups -OCH3 is 1. The molecule has 1 aromatic heterocycles. The third-order valence-corrected chi connectivity index (χ3v) is 5.51. The third kappa shape index (κ3) is 3.56. The molecule has 5 N–H and O–H groups in total. The highest BCUT2D eigenvalue weighted by Gasteiger charge is 2.37.